The van der Waals surface area contributed by atoms with Crippen LogP contribution in [0.3, 0.4) is 0 Å². The molecular formula is C17H28ClNO. The van der Waals surface area contributed by atoms with Crippen LogP contribution < -0.4 is 5.73 Å². The second-order valence-electron chi connectivity index (χ2n) is 5.17. The van der Waals surface area contributed by atoms with Gasteiger partial charge in [-0.25, -0.2) is 0 Å². The molecule has 114 valence electrons. The molecule has 0 bridgehead atoms. The number of benzene rings is 1. The first-order valence-corrected chi connectivity index (χ1v) is 7.37. The maximum atomic E-state index is 9.11. The van der Waals surface area contributed by atoms with Gasteiger partial charge in [0.15, 0.2) is 0 Å². The third-order valence-electron chi connectivity index (χ3n) is 3.28. The summed E-state index contributed by atoms with van der Waals surface area (Å²) in [5.41, 5.74) is 8.44. The van der Waals surface area contributed by atoms with E-state index in [0.29, 0.717) is 0 Å². The van der Waals surface area contributed by atoms with Gasteiger partial charge in [-0.3, -0.25) is 0 Å². The first-order valence-electron chi connectivity index (χ1n) is 7.37. The molecule has 0 saturated heterocycles. The van der Waals surface area contributed by atoms with E-state index in [4.69, 9.17) is 10.8 Å². The zero-order valence-corrected chi connectivity index (χ0v) is 13.2. The van der Waals surface area contributed by atoms with Crippen LogP contribution in [-0.4, -0.2) is 17.8 Å². The Hall–Kier alpha value is -0.830. The van der Waals surface area contributed by atoms with Gasteiger partial charge < -0.3 is 10.8 Å². The highest BCUT2D eigenvalue weighted by Crippen LogP contribution is 2.18. The van der Waals surface area contributed by atoms with Gasteiger partial charge in [0.25, 0.3) is 0 Å². The SMILES string of the molecule is CCCCCC/C(=C\c1ccccc1)CC(N)CO.Cl. The number of halogens is 1. The Labute approximate surface area is 129 Å². The van der Waals surface area contributed by atoms with Gasteiger partial charge in [0.2, 0.25) is 0 Å². The van der Waals surface area contributed by atoms with E-state index in [2.05, 4.69) is 25.1 Å². The van der Waals surface area contributed by atoms with Gasteiger partial charge in [0, 0.05) is 6.04 Å². The number of aliphatic hydroxyl groups is 1. The lowest BCUT2D eigenvalue weighted by molar-refractivity contribution is 0.264. The molecule has 0 aliphatic rings. The van der Waals surface area contributed by atoms with Gasteiger partial charge in [-0.15, -0.1) is 12.4 Å². The molecule has 1 atom stereocenters. The zero-order valence-electron chi connectivity index (χ0n) is 12.4. The predicted octanol–water partition coefficient (Wildman–Crippen LogP) is 4.17. The normalized spacial score (nSPS) is 12.8. The van der Waals surface area contributed by atoms with Gasteiger partial charge >= 0.3 is 0 Å². The quantitative estimate of drug-likeness (QED) is 0.672. The molecule has 0 heterocycles. The molecule has 2 nitrogen and oxygen atoms in total. The summed E-state index contributed by atoms with van der Waals surface area (Å²) in [5.74, 6) is 0. The standard InChI is InChI=1S/C17H27NO.ClH/c1-2-3-4-6-11-16(13-17(18)14-19)12-15-9-7-5-8-10-15;/h5,7-10,12,17,19H,2-4,6,11,13-14,18H2,1H3;1H/b16-12+;. The molecule has 1 aromatic carbocycles. The summed E-state index contributed by atoms with van der Waals surface area (Å²) in [6.07, 6.45) is 9.14. The molecule has 0 saturated carbocycles. The number of aliphatic hydroxyl groups excluding tert-OH is 1. The van der Waals surface area contributed by atoms with Gasteiger partial charge in [-0.05, 0) is 24.8 Å². The molecule has 1 rings (SSSR count). The lowest BCUT2D eigenvalue weighted by Crippen LogP contribution is -2.24. The van der Waals surface area contributed by atoms with Crippen molar-refractivity contribution in [3.63, 3.8) is 0 Å². The highest BCUT2D eigenvalue weighted by molar-refractivity contribution is 5.85. The van der Waals surface area contributed by atoms with Crippen LogP contribution in [0, 0.1) is 0 Å². The van der Waals surface area contributed by atoms with Crippen LogP contribution in [0.2, 0.25) is 0 Å². The molecule has 20 heavy (non-hydrogen) atoms. The minimum Gasteiger partial charge on any atom is -0.395 e. The first kappa shape index (κ1) is 19.2. The van der Waals surface area contributed by atoms with Gasteiger partial charge in [-0.1, -0.05) is 68.2 Å². The van der Waals surface area contributed by atoms with E-state index in [1.807, 2.05) is 18.2 Å². The molecule has 0 fully saturated rings. The highest BCUT2D eigenvalue weighted by Gasteiger charge is 2.05. The Morgan fingerprint density at radius 1 is 1.20 bits per heavy atom. The van der Waals surface area contributed by atoms with Crippen LogP contribution in [0.1, 0.15) is 51.0 Å². The van der Waals surface area contributed by atoms with Crippen molar-refractivity contribution in [2.45, 2.75) is 51.5 Å². The Bertz CT molecular complexity index is 365. The number of unbranched alkanes of at least 4 members (excludes halogenated alkanes) is 3. The van der Waals surface area contributed by atoms with Crippen molar-refractivity contribution in [3.05, 3.63) is 41.5 Å². The van der Waals surface area contributed by atoms with Gasteiger partial charge in [0.1, 0.15) is 0 Å². The maximum Gasteiger partial charge on any atom is 0.0585 e. The Morgan fingerprint density at radius 3 is 2.50 bits per heavy atom. The van der Waals surface area contributed by atoms with E-state index in [0.717, 1.165) is 12.8 Å². The third kappa shape index (κ3) is 8.36. The van der Waals surface area contributed by atoms with Crippen molar-refractivity contribution in [3.8, 4) is 0 Å². The van der Waals surface area contributed by atoms with E-state index in [1.54, 1.807) is 0 Å². The zero-order chi connectivity index (χ0) is 13.9. The van der Waals surface area contributed by atoms with Crippen LogP contribution >= 0.6 is 12.4 Å². The van der Waals surface area contributed by atoms with Crippen molar-refractivity contribution in [1.82, 2.24) is 0 Å². The minimum atomic E-state index is -0.138. The lowest BCUT2D eigenvalue weighted by Gasteiger charge is -2.12. The highest BCUT2D eigenvalue weighted by atomic mass is 35.5. The summed E-state index contributed by atoms with van der Waals surface area (Å²) in [5, 5.41) is 9.11. The summed E-state index contributed by atoms with van der Waals surface area (Å²) in [6, 6.07) is 10.2. The van der Waals surface area contributed by atoms with E-state index in [-0.39, 0.29) is 25.1 Å². The molecule has 0 aliphatic carbocycles. The molecule has 3 N–H and O–H groups in total. The lowest BCUT2D eigenvalue weighted by atomic mass is 9.98. The fraction of sp³-hybridized carbons (Fsp3) is 0.529. The Morgan fingerprint density at radius 2 is 1.90 bits per heavy atom. The molecule has 0 radical (unpaired) electrons. The van der Waals surface area contributed by atoms with Crippen LogP contribution in [0.25, 0.3) is 6.08 Å². The summed E-state index contributed by atoms with van der Waals surface area (Å²) in [6.45, 7) is 2.28. The van der Waals surface area contributed by atoms with Crippen LogP contribution in [-0.2, 0) is 0 Å². The van der Waals surface area contributed by atoms with Crippen molar-refractivity contribution in [2.24, 2.45) is 5.73 Å². The molecule has 0 aliphatic heterocycles. The molecule has 0 spiro atoms. The van der Waals surface area contributed by atoms with Crippen LogP contribution in [0.5, 0.6) is 0 Å². The Kier molecular flexibility index (Phi) is 11.5. The monoisotopic (exact) mass is 297 g/mol. The molecule has 3 heteroatoms. The molecule has 0 amide bonds. The van der Waals surface area contributed by atoms with E-state index in [1.165, 1.54) is 36.8 Å². The van der Waals surface area contributed by atoms with Gasteiger partial charge in [-0.2, -0.15) is 0 Å². The van der Waals surface area contributed by atoms with Crippen molar-refractivity contribution in [1.29, 1.82) is 0 Å². The van der Waals surface area contributed by atoms with E-state index >= 15 is 0 Å². The summed E-state index contributed by atoms with van der Waals surface area (Å²) in [4.78, 5) is 0. The summed E-state index contributed by atoms with van der Waals surface area (Å²) >= 11 is 0. The average molecular weight is 298 g/mol. The van der Waals surface area contributed by atoms with Gasteiger partial charge in [0.05, 0.1) is 6.61 Å². The second-order valence-corrected chi connectivity index (χ2v) is 5.17. The topological polar surface area (TPSA) is 46.2 Å². The van der Waals surface area contributed by atoms with Crippen LogP contribution in [0.4, 0.5) is 0 Å². The predicted molar refractivity (Wildman–Crippen MR) is 90.1 cm³/mol. The Balaban J connectivity index is 0.00000361. The fourth-order valence-electron chi connectivity index (χ4n) is 2.20. The number of hydrogen-bond acceptors (Lipinski definition) is 2. The summed E-state index contributed by atoms with van der Waals surface area (Å²) in [7, 11) is 0. The number of hydrogen-bond donors (Lipinski definition) is 2. The maximum absolute atomic E-state index is 9.11. The molecule has 0 aromatic heterocycles. The molecule has 1 unspecified atom stereocenters. The summed E-state index contributed by atoms with van der Waals surface area (Å²) < 4.78 is 0. The van der Waals surface area contributed by atoms with E-state index in [9.17, 15) is 0 Å². The third-order valence-corrected chi connectivity index (χ3v) is 3.28. The van der Waals surface area contributed by atoms with Crippen LogP contribution in [0.15, 0.2) is 35.9 Å². The first-order chi connectivity index (χ1) is 9.26. The second kappa shape index (κ2) is 12.0. The average Bonchev–Trinajstić information content (AvgIpc) is 2.44. The largest absolute Gasteiger partial charge is 0.395 e. The van der Waals surface area contributed by atoms with E-state index < -0.39 is 0 Å². The van der Waals surface area contributed by atoms with Crippen molar-refractivity contribution >= 4 is 18.5 Å². The van der Waals surface area contributed by atoms with Crippen molar-refractivity contribution < 1.29 is 5.11 Å². The molecule has 1 aromatic rings. The molecular weight excluding hydrogens is 270 g/mol. The smallest absolute Gasteiger partial charge is 0.0585 e. The van der Waals surface area contributed by atoms with Crippen molar-refractivity contribution in [2.75, 3.05) is 6.61 Å². The number of rotatable bonds is 9. The minimum absolute atomic E-state index is 0. The number of nitrogens with two attached hydrogens (primary N) is 1. The fourth-order valence-corrected chi connectivity index (χ4v) is 2.20.